The quantitative estimate of drug-likeness (QED) is 0.438. The van der Waals surface area contributed by atoms with Crippen LogP contribution in [0.5, 0.6) is 0 Å². The first-order chi connectivity index (χ1) is 7.86. The third-order valence-corrected chi connectivity index (χ3v) is 2.29. The van der Waals surface area contributed by atoms with Gasteiger partial charge in [-0.05, 0) is 11.6 Å². The molecule has 80 valence electrons. The Hall–Kier alpha value is -1.55. The summed E-state index contributed by atoms with van der Waals surface area (Å²) >= 11 is 0. The Kier molecular flexibility index (Phi) is 5.49. The van der Waals surface area contributed by atoms with Gasteiger partial charge in [0.15, 0.2) is 5.78 Å². The van der Waals surface area contributed by atoms with Crippen LogP contribution in [0.4, 0.5) is 0 Å². The molecule has 1 nitrogen and oxygen atoms in total. The standard InChI is InChI=1S/C15H12O.Li.H/c16-15(14-9-5-2-6-10-14)12-11-13-7-3-1-4-8-13;;/h1-12H;;. The molecule has 0 N–H and O–H groups in total. The van der Waals surface area contributed by atoms with E-state index in [-0.39, 0.29) is 24.6 Å². The van der Waals surface area contributed by atoms with Gasteiger partial charge in [-0.3, -0.25) is 4.79 Å². The summed E-state index contributed by atoms with van der Waals surface area (Å²) in [5, 5.41) is 0. The van der Waals surface area contributed by atoms with Gasteiger partial charge in [0.25, 0.3) is 0 Å². The van der Waals surface area contributed by atoms with Gasteiger partial charge in [-0.15, -0.1) is 0 Å². The third-order valence-electron chi connectivity index (χ3n) is 2.29. The van der Waals surface area contributed by atoms with Crippen molar-refractivity contribution < 1.29 is 4.79 Å². The predicted molar refractivity (Wildman–Crippen MR) is 73.4 cm³/mol. The molecule has 0 atom stereocenters. The zero-order chi connectivity index (χ0) is 11.2. The van der Waals surface area contributed by atoms with Crippen molar-refractivity contribution >= 4 is 30.7 Å². The van der Waals surface area contributed by atoms with E-state index in [0.29, 0.717) is 0 Å². The number of benzene rings is 2. The van der Waals surface area contributed by atoms with Gasteiger partial charge in [-0.1, -0.05) is 66.7 Å². The Morgan fingerprint density at radius 3 is 1.94 bits per heavy atom. The first-order valence-corrected chi connectivity index (χ1v) is 5.19. The van der Waals surface area contributed by atoms with Crippen LogP contribution in [0.15, 0.2) is 66.7 Å². The minimum atomic E-state index is 0. The van der Waals surface area contributed by atoms with Crippen LogP contribution in [0.1, 0.15) is 15.9 Å². The Morgan fingerprint density at radius 2 is 1.35 bits per heavy atom. The minimum absolute atomic E-state index is 0. The predicted octanol–water partition coefficient (Wildman–Crippen LogP) is 2.93. The zero-order valence-electron chi connectivity index (χ0n) is 8.84. The van der Waals surface area contributed by atoms with E-state index >= 15 is 0 Å². The van der Waals surface area contributed by atoms with Crippen LogP contribution in [-0.2, 0) is 0 Å². The normalized spacial score (nSPS) is 9.88. The molecule has 0 unspecified atom stereocenters. The molecule has 0 saturated heterocycles. The van der Waals surface area contributed by atoms with Gasteiger partial charge in [0.05, 0.1) is 0 Å². The number of hydrogen-bond acceptors (Lipinski definition) is 1. The van der Waals surface area contributed by atoms with Crippen molar-refractivity contribution in [2.75, 3.05) is 0 Å². The first kappa shape index (κ1) is 13.5. The van der Waals surface area contributed by atoms with E-state index in [9.17, 15) is 4.79 Å². The first-order valence-electron chi connectivity index (χ1n) is 5.19. The Balaban J connectivity index is 0.00000144. The molecule has 0 aromatic heterocycles. The number of carbonyl (C=O) groups is 1. The number of allylic oxidation sites excluding steroid dienone is 1. The molecule has 0 fully saturated rings. The van der Waals surface area contributed by atoms with Crippen LogP contribution in [0, 0.1) is 0 Å². The van der Waals surface area contributed by atoms with Crippen LogP contribution in [-0.4, -0.2) is 24.6 Å². The second-order valence-electron chi connectivity index (χ2n) is 3.47. The van der Waals surface area contributed by atoms with E-state index in [1.54, 1.807) is 6.08 Å². The van der Waals surface area contributed by atoms with Gasteiger partial charge in [0.2, 0.25) is 0 Å². The number of hydrogen-bond donors (Lipinski definition) is 0. The Bertz CT molecular complexity index is 489. The molecule has 2 aromatic rings. The van der Waals surface area contributed by atoms with Gasteiger partial charge >= 0.3 is 18.9 Å². The molecule has 2 rings (SSSR count). The van der Waals surface area contributed by atoms with E-state index in [2.05, 4.69) is 0 Å². The Labute approximate surface area is 113 Å². The number of rotatable bonds is 3. The van der Waals surface area contributed by atoms with Gasteiger partial charge in [-0.25, -0.2) is 0 Å². The molecule has 0 aliphatic carbocycles. The van der Waals surface area contributed by atoms with Crippen LogP contribution < -0.4 is 0 Å². The van der Waals surface area contributed by atoms with Crippen molar-refractivity contribution in [3.05, 3.63) is 77.9 Å². The van der Waals surface area contributed by atoms with E-state index in [4.69, 9.17) is 0 Å². The molecule has 0 saturated carbocycles. The zero-order valence-corrected chi connectivity index (χ0v) is 8.84. The number of carbonyl (C=O) groups excluding carboxylic acids is 1. The topological polar surface area (TPSA) is 17.1 Å². The molecule has 0 radical (unpaired) electrons. The summed E-state index contributed by atoms with van der Waals surface area (Å²) < 4.78 is 0. The van der Waals surface area contributed by atoms with Crippen molar-refractivity contribution in [3.63, 3.8) is 0 Å². The van der Waals surface area contributed by atoms with Crippen molar-refractivity contribution in [1.82, 2.24) is 0 Å². The van der Waals surface area contributed by atoms with Crippen molar-refractivity contribution in [3.8, 4) is 0 Å². The molecule has 2 aromatic carbocycles. The van der Waals surface area contributed by atoms with Gasteiger partial charge in [-0.2, -0.15) is 0 Å². The summed E-state index contributed by atoms with van der Waals surface area (Å²) in [6.45, 7) is 0. The van der Waals surface area contributed by atoms with Crippen LogP contribution in [0.3, 0.4) is 0 Å². The van der Waals surface area contributed by atoms with Gasteiger partial charge in [0, 0.05) is 5.56 Å². The molecule has 0 aliphatic heterocycles. The maximum absolute atomic E-state index is 11.7. The van der Waals surface area contributed by atoms with E-state index in [1.165, 1.54) is 0 Å². The van der Waals surface area contributed by atoms with Crippen LogP contribution in [0.2, 0.25) is 0 Å². The molecule has 0 amide bonds. The fourth-order valence-corrected chi connectivity index (χ4v) is 1.43. The SMILES string of the molecule is O=C(C=Cc1ccccc1)c1ccccc1.[LiH]. The van der Waals surface area contributed by atoms with Crippen molar-refractivity contribution in [2.45, 2.75) is 0 Å². The summed E-state index contributed by atoms with van der Waals surface area (Å²) in [4.78, 5) is 11.7. The van der Waals surface area contributed by atoms with E-state index in [1.807, 2.05) is 66.7 Å². The molecule has 0 bridgehead atoms. The van der Waals surface area contributed by atoms with Crippen LogP contribution >= 0.6 is 0 Å². The molecule has 0 spiro atoms. The summed E-state index contributed by atoms with van der Waals surface area (Å²) in [5.74, 6) is 0.0319. The average Bonchev–Trinajstić information content (AvgIpc) is 2.38. The van der Waals surface area contributed by atoms with Gasteiger partial charge < -0.3 is 0 Å². The molecular weight excluding hydrogens is 203 g/mol. The summed E-state index contributed by atoms with van der Waals surface area (Å²) in [6.07, 6.45) is 3.43. The monoisotopic (exact) mass is 216 g/mol. The Morgan fingerprint density at radius 1 is 0.824 bits per heavy atom. The molecule has 0 heterocycles. The molecular formula is C15H13LiO. The second kappa shape index (κ2) is 6.91. The second-order valence-corrected chi connectivity index (χ2v) is 3.47. The summed E-state index contributed by atoms with van der Waals surface area (Å²) in [7, 11) is 0. The number of ketones is 1. The fraction of sp³-hybridized carbons (Fsp3) is 0. The summed E-state index contributed by atoms with van der Waals surface area (Å²) in [6, 6.07) is 19.1. The molecule has 17 heavy (non-hydrogen) atoms. The van der Waals surface area contributed by atoms with E-state index in [0.717, 1.165) is 11.1 Å². The van der Waals surface area contributed by atoms with Crippen LogP contribution in [0.25, 0.3) is 6.08 Å². The molecule has 0 aliphatic rings. The third kappa shape index (κ3) is 4.07. The fourth-order valence-electron chi connectivity index (χ4n) is 1.43. The summed E-state index contributed by atoms with van der Waals surface area (Å²) in [5.41, 5.74) is 1.75. The maximum atomic E-state index is 11.7. The van der Waals surface area contributed by atoms with E-state index < -0.39 is 0 Å². The van der Waals surface area contributed by atoms with Crippen molar-refractivity contribution in [1.29, 1.82) is 0 Å². The molecule has 2 heteroatoms. The van der Waals surface area contributed by atoms with Gasteiger partial charge in [0.1, 0.15) is 0 Å². The average molecular weight is 216 g/mol. The van der Waals surface area contributed by atoms with Crippen molar-refractivity contribution in [2.24, 2.45) is 0 Å².